The lowest BCUT2D eigenvalue weighted by molar-refractivity contribution is -0.132. The number of carbonyl (C=O) groups is 1. The highest BCUT2D eigenvalue weighted by atomic mass is 16.2. The Bertz CT molecular complexity index is 786. The molecular weight excluding hydrogens is 290 g/mol. The number of rotatable bonds is 3. The first kappa shape index (κ1) is 14.5. The second-order valence-corrected chi connectivity index (χ2v) is 6.54. The van der Waals surface area contributed by atoms with Crippen LogP contribution in [0, 0.1) is 0 Å². The summed E-state index contributed by atoms with van der Waals surface area (Å²) in [6.45, 7) is 3.48. The molecule has 5 heteroatoms. The van der Waals surface area contributed by atoms with Crippen LogP contribution in [-0.4, -0.2) is 52.9 Å². The first-order valence-electron chi connectivity index (χ1n) is 8.33. The Hall–Kier alpha value is -2.14. The fraction of sp³-hybridized carbons (Fsp3) is 0.444. The zero-order valence-corrected chi connectivity index (χ0v) is 13.1. The van der Waals surface area contributed by atoms with E-state index in [1.807, 2.05) is 35.2 Å². The molecular formula is C18H21N3O2. The number of hydrogen-bond acceptors (Lipinski definition) is 3. The third-order valence-electron chi connectivity index (χ3n) is 4.90. The maximum Gasteiger partial charge on any atom is 0.252 e. The van der Waals surface area contributed by atoms with Gasteiger partial charge in [0.05, 0.1) is 6.42 Å². The van der Waals surface area contributed by atoms with E-state index < -0.39 is 0 Å². The van der Waals surface area contributed by atoms with Gasteiger partial charge in [-0.2, -0.15) is 0 Å². The second-order valence-electron chi connectivity index (χ2n) is 6.54. The molecule has 1 aliphatic carbocycles. The molecule has 0 unspecified atom stereocenters. The van der Waals surface area contributed by atoms with Gasteiger partial charge in [0.1, 0.15) is 0 Å². The van der Waals surface area contributed by atoms with Crippen LogP contribution in [0.4, 0.5) is 0 Å². The standard InChI is InChI=1S/C18H21N3O2/c22-17(21-9-7-20(8-10-21)15-5-6-15)12-14-11-13-3-1-2-4-16(13)19-18(14)23/h1-4,11,15H,5-10,12H2,(H,19,23). The Balaban J connectivity index is 1.46. The van der Waals surface area contributed by atoms with Gasteiger partial charge in [-0.3, -0.25) is 14.5 Å². The molecule has 2 aromatic rings. The number of fused-ring (bicyclic) bond motifs is 1. The van der Waals surface area contributed by atoms with Gasteiger partial charge in [0.25, 0.3) is 5.56 Å². The molecule has 2 aliphatic rings. The van der Waals surface area contributed by atoms with Gasteiger partial charge in [-0.25, -0.2) is 0 Å². The van der Waals surface area contributed by atoms with Crippen LogP contribution in [-0.2, 0) is 11.2 Å². The lowest BCUT2D eigenvalue weighted by Gasteiger charge is -2.34. The third-order valence-corrected chi connectivity index (χ3v) is 4.90. The van der Waals surface area contributed by atoms with Gasteiger partial charge in [0, 0.05) is 43.3 Å². The summed E-state index contributed by atoms with van der Waals surface area (Å²) in [6.07, 6.45) is 2.80. The molecule has 0 spiro atoms. The number of H-pyrrole nitrogens is 1. The predicted molar refractivity (Wildman–Crippen MR) is 89.4 cm³/mol. The second kappa shape index (κ2) is 5.81. The molecule has 0 radical (unpaired) electrons. The van der Waals surface area contributed by atoms with Gasteiger partial charge in [-0.15, -0.1) is 0 Å². The van der Waals surface area contributed by atoms with E-state index in [2.05, 4.69) is 9.88 Å². The van der Waals surface area contributed by atoms with Gasteiger partial charge in [0.15, 0.2) is 0 Å². The average Bonchev–Trinajstić information content (AvgIpc) is 3.40. The highest BCUT2D eigenvalue weighted by molar-refractivity contribution is 5.82. The van der Waals surface area contributed by atoms with Crippen LogP contribution in [0.3, 0.4) is 0 Å². The maximum atomic E-state index is 12.5. The van der Waals surface area contributed by atoms with E-state index in [1.54, 1.807) is 0 Å². The number of pyridine rings is 1. The molecule has 1 aromatic carbocycles. The van der Waals surface area contributed by atoms with E-state index in [-0.39, 0.29) is 17.9 Å². The van der Waals surface area contributed by atoms with E-state index >= 15 is 0 Å². The van der Waals surface area contributed by atoms with Crippen molar-refractivity contribution < 1.29 is 4.79 Å². The zero-order chi connectivity index (χ0) is 15.8. The minimum Gasteiger partial charge on any atom is -0.340 e. The molecule has 1 amide bonds. The molecule has 0 atom stereocenters. The van der Waals surface area contributed by atoms with Crippen molar-refractivity contribution in [3.63, 3.8) is 0 Å². The highest BCUT2D eigenvalue weighted by Gasteiger charge is 2.32. The number of nitrogens with one attached hydrogen (secondary N) is 1. The molecule has 1 aromatic heterocycles. The summed E-state index contributed by atoms with van der Waals surface area (Å²) >= 11 is 0. The molecule has 5 nitrogen and oxygen atoms in total. The SMILES string of the molecule is O=C(Cc1cc2ccccc2[nH]c1=O)N1CCN(C2CC2)CC1. The molecule has 1 saturated carbocycles. The van der Waals surface area contributed by atoms with Crippen LogP contribution in [0.2, 0.25) is 0 Å². The number of hydrogen-bond donors (Lipinski definition) is 1. The fourth-order valence-electron chi connectivity index (χ4n) is 3.37. The Morgan fingerprint density at radius 1 is 1.13 bits per heavy atom. The van der Waals surface area contributed by atoms with Crippen LogP contribution in [0.15, 0.2) is 35.1 Å². The van der Waals surface area contributed by atoms with Crippen LogP contribution >= 0.6 is 0 Å². The van der Waals surface area contributed by atoms with Gasteiger partial charge in [0.2, 0.25) is 5.91 Å². The van der Waals surface area contributed by atoms with Gasteiger partial charge >= 0.3 is 0 Å². The number of aromatic nitrogens is 1. The summed E-state index contributed by atoms with van der Waals surface area (Å²) in [5.74, 6) is 0.0567. The Kier molecular flexibility index (Phi) is 3.65. The van der Waals surface area contributed by atoms with Gasteiger partial charge in [-0.05, 0) is 30.4 Å². The molecule has 0 bridgehead atoms. The quantitative estimate of drug-likeness (QED) is 0.931. The minimum absolute atomic E-state index is 0.0567. The van der Waals surface area contributed by atoms with E-state index in [9.17, 15) is 9.59 Å². The lowest BCUT2D eigenvalue weighted by atomic mass is 10.1. The summed E-state index contributed by atoms with van der Waals surface area (Å²) in [7, 11) is 0. The van der Waals surface area contributed by atoms with Crippen molar-refractivity contribution in [1.82, 2.24) is 14.8 Å². The summed E-state index contributed by atoms with van der Waals surface area (Å²) in [6, 6.07) is 10.3. The van der Waals surface area contributed by atoms with Gasteiger partial charge < -0.3 is 9.88 Å². The number of para-hydroxylation sites is 1. The van der Waals surface area contributed by atoms with Crippen molar-refractivity contribution in [2.45, 2.75) is 25.3 Å². The van der Waals surface area contributed by atoms with Crippen LogP contribution < -0.4 is 5.56 Å². The van der Waals surface area contributed by atoms with Crippen LogP contribution in [0.1, 0.15) is 18.4 Å². The summed E-state index contributed by atoms with van der Waals surface area (Å²) in [4.78, 5) is 31.9. The molecule has 23 heavy (non-hydrogen) atoms. The monoisotopic (exact) mass is 311 g/mol. The topological polar surface area (TPSA) is 56.4 Å². The van der Waals surface area contributed by atoms with E-state index in [4.69, 9.17) is 0 Å². The van der Waals surface area contributed by atoms with Crippen molar-refractivity contribution >= 4 is 16.8 Å². The molecule has 120 valence electrons. The Morgan fingerprint density at radius 2 is 1.87 bits per heavy atom. The highest BCUT2D eigenvalue weighted by Crippen LogP contribution is 2.27. The third kappa shape index (κ3) is 3.01. The smallest absolute Gasteiger partial charge is 0.252 e. The number of aromatic amines is 1. The van der Waals surface area contributed by atoms with Crippen molar-refractivity contribution in [3.05, 3.63) is 46.2 Å². The average molecular weight is 311 g/mol. The van der Waals surface area contributed by atoms with Gasteiger partial charge in [-0.1, -0.05) is 18.2 Å². The summed E-state index contributed by atoms with van der Waals surface area (Å²) in [5.41, 5.74) is 1.21. The summed E-state index contributed by atoms with van der Waals surface area (Å²) < 4.78 is 0. The van der Waals surface area contributed by atoms with Crippen molar-refractivity contribution in [2.24, 2.45) is 0 Å². The van der Waals surface area contributed by atoms with Crippen LogP contribution in [0.5, 0.6) is 0 Å². The number of carbonyl (C=O) groups excluding carboxylic acids is 1. The predicted octanol–water partition coefficient (Wildman–Crippen LogP) is 1.38. The van der Waals surface area contributed by atoms with E-state index in [0.717, 1.165) is 43.1 Å². The van der Waals surface area contributed by atoms with Crippen LogP contribution in [0.25, 0.3) is 10.9 Å². The molecule has 4 rings (SSSR count). The first-order chi connectivity index (χ1) is 11.2. The molecule has 1 N–H and O–H groups in total. The largest absolute Gasteiger partial charge is 0.340 e. The zero-order valence-electron chi connectivity index (χ0n) is 13.1. The number of amides is 1. The van der Waals surface area contributed by atoms with E-state index in [1.165, 1.54) is 12.8 Å². The van der Waals surface area contributed by atoms with E-state index in [0.29, 0.717) is 5.56 Å². The molecule has 2 fully saturated rings. The normalized spacial score (nSPS) is 19.2. The molecule has 2 heterocycles. The van der Waals surface area contributed by atoms with Crippen molar-refractivity contribution in [1.29, 1.82) is 0 Å². The first-order valence-corrected chi connectivity index (χ1v) is 8.33. The maximum absolute atomic E-state index is 12.5. The Labute approximate surface area is 134 Å². The number of piperazine rings is 1. The number of benzene rings is 1. The van der Waals surface area contributed by atoms with Crippen molar-refractivity contribution in [2.75, 3.05) is 26.2 Å². The number of nitrogens with zero attached hydrogens (tertiary/aromatic N) is 2. The summed E-state index contributed by atoms with van der Waals surface area (Å²) in [5, 5.41) is 0.966. The lowest BCUT2D eigenvalue weighted by Crippen LogP contribution is -2.49. The molecule has 1 aliphatic heterocycles. The minimum atomic E-state index is -0.159. The van der Waals surface area contributed by atoms with Crippen molar-refractivity contribution in [3.8, 4) is 0 Å². The fourth-order valence-corrected chi connectivity index (χ4v) is 3.37. The Morgan fingerprint density at radius 3 is 2.61 bits per heavy atom. The molecule has 1 saturated heterocycles.